The minimum atomic E-state index is -0.774. The number of rotatable bonds is 6. The zero-order valence-electron chi connectivity index (χ0n) is 24.8. The Balaban J connectivity index is 0.000000227. The van der Waals surface area contributed by atoms with Crippen molar-refractivity contribution in [2.75, 3.05) is 18.8 Å². The number of nitrogens with zero attached hydrogens (tertiary/aromatic N) is 3. The number of β-amino-alcohol motifs (C(OH)–C–C–N with tert-alkyl or cyclic N) is 1. The second-order valence-electron chi connectivity index (χ2n) is 11.0. The van der Waals surface area contributed by atoms with E-state index in [1.54, 1.807) is 34.4 Å². The molecule has 1 aliphatic rings. The van der Waals surface area contributed by atoms with Crippen molar-refractivity contribution in [3.8, 4) is 10.4 Å². The molecule has 2 heterocycles. The molecule has 1 saturated heterocycles. The normalized spacial score (nSPS) is 14.6. The Hall–Kier alpha value is -3.81. The first-order chi connectivity index (χ1) is 20.2. The molecule has 2 aromatic carbocycles. The minimum Gasteiger partial charge on any atom is -0.397 e. The number of hydrogen-bond donors (Lipinski definition) is 5. The van der Waals surface area contributed by atoms with Crippen molar-refractivity contribution in [2.24, 2.45) is 21.9 Å². The number of likely N-dealkylation sites (tertiary alicyclic amines) is 1. The summed E-state index contributed by atoms with van der Waals surface area (Å²) < 4.78 is 0.794. The van der Waals surface area contributed by atoms with E-state index < -0.39 is 5.91 Å². The Labute approximate surface area is 264 Å². The third kappa shape index (κ3) is 12.5. The summed E-state index contributed by atoms with van der Waals surface area (Å²) in [4.78, 5) is 43.4. The average Bonchev–Trinajstić information content (AvgIpc) is 3.57. The van der Waals surface area contributed by atoms with Gasteiger partial charge >= 0.3 is 0 Å². The molecule has 1 atom stereocenters. The number of nitrogen functional groups attached to an aromatic ring is 1. The van der Waals surface area contributed by atoms with Crippen molar-refractivity contribution in [3.63, 3.8) is 0 Å². The van der Waals surface area contributed by atoms with Gasteiger partial charge in [0, 0.05) is 30.5 Å². The maximum atomic E-state index is 11.6. The van der Waals surface area contributed by atoms with Crippen LogP contribution in [0.3, 0.4) is 0 Å². The molecule has 232 valence electrons. The molecule has 8 N–H and O–H groups in total. The van der Waals surface area contributed by atoms with Crippen LogP contribution in [0.5, 0.6) is 0 Å². The molecule has 3 amide bonds. The highest BCUT2D eigenvalue weighted by atomic mass is 79.9. The number of halogens is 1. The Kier molecular flexibility index (Phi) is 13.8. The number of anilines is 1. The molecule has 0 saturated carbocycles. The van der Waals surface area contributed by atoms with Gasteiger partial charge in [0.2, 0.25) is 12.3 Å². The van der Waals surface area contributed by atoms with Gasteiger partial charge in [-0.2, -0.15) is 0 Å². The highest BCUT2D eigenvalue weighted by Crippen LogP contribution is 2.27. The first kappa shape index (κ1) is 35.4. The summed E-state index contributed by atoms with van der Waals surface area (Å²) in [5.74, 6) is -0.872. The number of aliphatic imine (C=N–C) groups is 1. The van der Waals surface area contributed by atoms with E-state index in [9.17, 15) is 19.5 Å². The van der Waals surface area contributed by atoms with E-state index in [0.717, 1.165) is 28.7 Å². The molecule has 0 radical (unpaired) electrons. The van der Waals surface area contributed by atoms with Gasteiger partial charge in [-0.25, -0.2) is 9.98 Å². The highest BCUT2D eigenvalue weighted by Gasteiger charge is 2.27. The van der Waals surface area contributed by atoms with Gasteiger partial charge < -0.3 is 32.5 Å². The maximum Gasteiger partial charge on any atom is 0.283 e. The quantitative estimate of drug-likeness (QED) is 0.113. The topological polar surface area (TPSA) is 190 Å². The smallest absolute Gasteiger partial charge is 0.283 e. The molecule has 13 heteroatoms. The van der Waals surface area contributed by atoms with Gasteiger partial charge in [-0.15, -0.1) is 11.3 Å². The van der Waals surface area contributed by atoms with Crippen molar-refractivity contribution in [1.29, 1.82) is 0 Å². The van der Waals surface area contributed by atoms with Crippen molar-refractivity contribution >= 4 is 62.7 Å². The lowest BCUT2D eigenvalue weighted by Gasteiger charge is -2.22. The number of carbonyl (C=O) groups is 3. The van der Waals surface area contributed by atoms with Gasteiger partial charge in [0.1, 0.15) is 0 Å². The van der Waals surface area contributed by atoms with E-state index in [-0.39, 0.29) is 23.3 Å². The fraction of sp³-hybridized carbons (Fsp3) is 0.367. The summed E-state index contributed by atoms with van der Waals surface area (Å²) in [6, 6.07) is 13.2. The fourth-order valence-electron chi connectivity index (χ4n) is 3.84. The average molecular weight is 675 g/mol. The Bertz CT molecular complexity index is 1400. The van der Waals surface area contributed by atoms with Crippen molar-refractivity contribution in [3.05, 3.63) is 63.7 Å². The maximum absolute atomic E-state index is 11.6. The largest absolute Gasteiger partial charge is 0.397 e. The standard InChI is InChI=1S/C12H12N2OS.C10H19NO2.C8H9BrN4O/c1-9-12(16-8-14-9)11-4-2-10(3-5-11)6-13-7-15;1-10(2,3)6-9(13)11-5-4-8(12)7-11;9-4-1-2-5(10)6(3-4)13-7(11)8(12)14/h2-5,7-8H,6H2,1H3,(H,13,15);8,12H,4-7H2,1-3H3;1-3H,10H2,(H2,11,13)(H2,12,14). The molecule has 3 aromatic rings. The van der Waals surface area contributed by atoms with Crippen LogP contribution in [0.25, 0.3) is 10.4 Å². The number of thiazole rings is 1. The summed E-state index contributed by atoms with van der Waals surface area (Å²) in [6.45, 7) is 9.98. The summed E-state index contributed by atoms with van der Waals surface area (Å²) in [7, 11) is 0. The van der Waals surface area contributed by atoms with Gasteiger partial charge in [0.25, 0.3) is 5.91 Å². The predicted octanol–water partition coefficient (Wildman–Crippen LogP) is 3.89. The lowest BCUT2D eigenvalue weighted by Crippen LogP contribution is -2.32. The van der Waals surface area contributed by atoms with E-state index in [1.165, 1.54) is 10.4 Å². The number of aromatic nitrogens is 1. The summed E-state index contributed by atoms with van der Waals surface area (Å²) >= 11 is 4.88. The highest BCUT2D eigenvalue weighted by molar-refractivity contribution is 9.10. The number of primary amides is 1. The predicted molar refractivity (Wildman–Crippen MR) is 175 cm³/mol. The van der Waals surface area contributed by atoms with Crippen LogP contribution in [0.15, 0.2) is 57.4 Å². The second kappa shape index (κ2) is 16.7. The van der Waals surface area contributed by atoms with Crippen molar-refractivity contribution in [2.45, 2.75) is 53.2 Å². The number of amidine groups is 1. The van der Waals surface area contributed by atoms with Crippen LogP contribution in [0, 0.1) is 12.3 Å². The fourth-order valence-corrected chi connectivity index (χ4v) is 5.01. The lowest BCUT2D eigenvalue weighted by atomic mass is 9.92. The van der Waals surface area contributed by atoms with Crippen LogP contribution >= 0.6 is 27.3 Å². The number of nitrogens with one attached hydrogen (secondary N) is 1. The van der Waals surface area contributed by atoms with E-state index in [1.807, 2.05) is 24.6 Å². The van der Waals surface area contributed by atoms with E-state index in [4.69, 9.17) is 17.2 Å². The molecule has 1 fully saturated rings. The number of aliphatic hydroxyl groups is 1. The molecule has 0 bridgehead atoms. The molecular formula is C30H40BrN7O4S. The van der Waals surface area contributed by atoms with E-state index in [2.05, 4.69) is 64.1 Å². The summed E-state index contributed by atoms with van der Waals surface area (Å²) in [6.07, 6.45) is 1.71. The van der Waals surface area contributed by atoms with Crippen molar-refractivity contribution < 1.29 is 19.5 Å². The SMILES string of the molecule is CC(C)(C)CC(=O)N1CCC(O)C1.Cc1ncsc1-c1ccc(CNC=O)cc1.NC(=O)C(N)=Nc1cc(Br)ccc1N. The first-order valence-corrected chi connectivity index (χ1v) is 15.2. The molecule has 1 unspecified atom stereocenters. The summed E-state index contributed by atoms with van der Waals surface area (Å²) in [5.41, 5.74) is 21.9. The Morgan fingerprint density at radius 2 is 1.88 bits per heavy atom. The van der Waals surface area contributed by atoms with Gasteiger partial charge in [-0.05, 0) is 48.1 Å². The molecule has 0 spiro atoms. The van der Waals surface area contributed by atoms with Gasteiger partial charge in [-0.3, -0.25) is 14.4 Å². The second-order valence-corrected chi connectivity index (χ2v) is 12.8. The monoisotopic (exact) mass is 673 g/mol. The molecule has 0 aliphatic carbocycles. The zero-order chi connectivity index (χ0) is 32.2. The summed E-state index contributed by atoms with van der Waals surface area (Å²) in [5, 5.41) is 11.9. The third-order valence-electron chi connectivity index (χ3n) is 6.03. The number of aliphatic hydroxyl groups excluding tert-OH is 1. The zero-order valence-corrected chi connectivity index (χ0v) is 27.2. The Morgan fingerprint density at radius 1 is 1.21 bits per heavy atom. The van der Waals surface area contributed by atoms with Gasteiger partial charge in [-0.1, -0.05) is 61.0 Å². The molecule has 1 aromatic heterocycles. The van der Waals surface area contributed by atoms with Crippen LogP contribution in [-0.4, -0.2) is 58.2 Å². The van der Waals surface area contributed by atoms with Crippen molar-refractivity contribution in [1.82, 2.24) is 15.2 Å². The molecule has 1 aliphatic heterocycles. The first-order valence-electron chi connectivity index (χ1n) is 13.5. The number of hydrogen-bond acceptors (Lipinski definition) is 8. The lowest BCUT2D eigenvalue weighted by molar-refractivity contribution is -0.132. The minimum absolute atomic E-state index is 0.0463. The van der Waals surface area contributed by atoms with Gasteiger partial charge in [0.15, 0.2) is 5.84 Å². The molecule has 4 rings (SSSR count). The van der Waals surface area contributed by atoms with E-state index in [0.29, 0.717) is 37.3 Å². The Morgan fingerprint density at radius 3 is 2.40 bits per heavy atom. The number of amides is 3. The number of aryl methyl sites for hydroxylation is 1. The van der Waals surface area contributed by atoms with Crippen LogP contribution < -0.4 is 22.5 Å². The number of carbonyl (C=O) groups excluding carboxylic acids is 3. The van der Waals surface area contributed by atoms with Crippen LogP contribution in [-0.2, 0) is 20.9 Å². The number of benzene rings is 2. The van der Waals surface area contributed by atoms with Crippen LogP contribution in [0.4, 0.5) is 11.4 Å². The van der Waals surface area contributed by atoms with E-state index >= 15 is 0 Å². The third-order valence-corrected chi connectivity index (χ3v) is 7.51. The molecule has 43 heavy (non-hydrogen) atoms. The van der Waals surface area contributed by atoms with Crippen LogP contribution in [0.2, 0.25) is 0 Å². The van der Waals surface area contributed by atoms with Crippen LogP contribution in [0.1, 0.15) is 44.9 Å². The number of nitrogens with two attached hydrogens (primary N) is 3. The molecule has 11 nitrogen and oxygen atoms in total. The molecular weight excluding hydrogens is 634 g/mol. The van der Waals surface area contributed by atoms with Gasteiger partial charge in [0.05, 0.1) is 33.6 Å².